The molecule has 0 saturated carbocycles. The predicted molar refractivity (Wildman–Crippen MR) is 200 cm³/mol. The monoisotopic (exact) mass is 1000 g/mol. The number of carbonyl (C=O) groups is 1. The lowest BCUT2D eigenvalue weighted by molar-refractivity contribution is -0.393. The average Bonchev–Trinajstić information content (AvgIpc) is 3.32. The van der Waals surface area contributed by atoms with Gasteiger partial charge in [0.15, 0.2) is 43.8 Å². The molecule has 14 unspecified atom stereocenters. The molecular weight excluding hydrogens is 944 g/mol. The molecule has 0 aromatic rings. The fourth-order valence-electron chi connectivity index (χ4n) is 8.49. The van der Waals surface area contributed by atoms with Crippen LogP contribution in [0, 0.1) is 0 Å². The minimum atomic E-state index is -2.36. The number of aliphatic carboxylic acids is 1. The van der Waals surface area contributed by atoms with Crippen LogP contribution in [-0.4, -0.2) is 325 Å². The first kappa shape index (κ1) is 55.6. The summed E-state index contributed by atoms with van der Waals surface area (Å²) >= 11 is 0. The number of carboxylic acid groups (broad SMARTS) is 1. The highest BCUT2D eigenvalue weighted by atomic mass is 16.8. The molecule has 0 radical (unpaired) electrons. The van der Waals surface area contributed by atoms with Crippen LogP contribution in [0.2, 0.25) is 0 Å². The second-order valence-corrected chi connectivity index (χ2v) is 16.8. The Bertz CT molecular complexity index is 1580. The Morgan fingerprint density at radius 2 is 0.574 bits per heavy atom. The third kappa shape index (κ3) is 11.1. The van der Waals surface area contributed by atoms with Crippen LogP contribution < -0.4 is 0 Å². The van der Waals surface area contributed by atoms with E-state index in [1.54, 1.807) is 0 Å². The number of rotatable bonds is 16. The van der Waals surface area contributed by atoms with Crippen LogP contribution >= 0.6 is 0 Å². The van der Waals surface area contributed by atoms with Crippen molar-refractivity contribution in [3.63, 3.8) is 0 Å². The summed E-state index contributed by atoms with van der Waals surface area (Å²) in [4.78, 5) is 12.5. The zero-order valence-electron chi connectivity index (χ0n) is 35.2. The molecule has 396 valence electrons. The SMILES string of the molecule is O=C(O)C1O[C@@H](O[C@@H]2C(CO)O[C@@H](O[C@@H]3C(CO)O[C@H](O[C@H]4C(CO)O[C@H](O)C(O)[C@H]4O)C(O)C3O)[C@@H](O)C2O)[C@@H](O)C(O)[C@@H]1O[C@H]1OC(CO)[C@H](O[C@H]2OC(CO)[C@@H](O)C(O)C2O)[C@H](O)C1O. The fourth-order valence-corrected chi connectivity index (χ4v) is 8.49. The Morgan fingerprint density at radius 3 is 0.912 bits per heavy atom. The summed E-state index contributed by atoms with van der Waals surface area (Å²) < 4.78 is 59.7. The molecule has 0 amide bonds. The van der Waals surface area contributed by atoms with Gasteiger partial charge in [-0.25, -0.2) is 4.79 Å². The van der Waals surface area contributed by atoms with E-state index < -0.39 is 223 Å². The zero-order chi connectivity index (χ0) is 50.2. The summed E-state index contributed by atoms with van der Waals surface area (Å²) in [5.41, 5.74) is 0. The lowest BCUT2D eigenvalue weighted by Gasteiger charge is -2.49. The first-order valence-electron chi connectivity index (χ1n) is 21.1. The number of ether oxygens (including phenoxy) is 11. The van der Waals surface area contributed by atoms with E-state index in [1.165, 1.54) is 0 Å². The third-order valence-electron chi connectivity index (χ3n) is 12.4. The minimum absolute atomic E-state index is 0.859. The number of aliphatic hydroxyl groups is 19. The van der Waals surface area contributed by atoms with Crippen molar-refractivity contribution in [3.05, 3.63) is 0 Å². The second kappa shape index (κ2) is 23.4. The van der Waals surface area contributed by atoms with E-state index in [0.717, 1.165) is 0 Å². The van der Waals surface area contributed by atoms with E-state index in [4.69, 9.17) is 52.1 Å². The Hall–Kier alpha value is -1.73. The molecule has 6 heterocycles. The van der Waals surface area contributed by atoms with E-state index in [0.29, 0.717) is 0 Å². The highest BCUT2D eigenvalue weighted by molar-refractivity contribution is 5.73. The third-order valence-corrected chi connectivity index (χ3v) is 12.4. The normalized spacial score (nSPS) is 52.7. The van der Waals surface area contributed by atoms with Crippen LogP contribution in [-0.2, 0) is 56.9 Å². The van der Waals surface area contributed by atoms with Crippen molar-refractivity contribution in [1.82, 2.24) is 0 Å². The maximum absolute atomic E-state index is 12.5. The van der Waals surface area contributed by atoms with Crippen LogP contribution in [0.3, 0.4) is 0 Å². The molecule has 32 heteroatoms. The molecule has 6 rings (SSSR count). The van der Waals surface area contributed by atoms with Gasteiger partial charge in [0, 0.05) is 0 Å². The number of aliphatic hydroxyl groups excluding tert-OH is 19. The van der Waals surface area contributed by atoms with E-state index >= 15 is 0 Å². The average molecular weight is 1000 g/mol. The summed E-state index contributed by atoms with van der Waals surface area (Å²) in [5, 5.41) is 209. The summed E-state index contributed by atoms with van der Waals surface area (Å²) in [6.45, 7) is -4.86. The van der Waals surface area contributed by atoms with Crippen molar-refractivity contribution in [2.24, 2.45) is 0 Å². The Kier molecular flexibility index (Phi) is 19.2. The zero-order valence-corrected chi connectivity index (χ0v) is 35.2. The molecule has 6 aliphatic rings. The van der Waals surface area contributed by atoms with Gasteiger partial charge in [0.05, 0.1) is 33.0 Å². The summed E-state index contributed by atoms with van der Waals surface area (Å²) in [6.07, 6.45) is -59.6. The molecule has 20 N–H and O–H groups in total. The van der Waals surface area contributed by atoms with Gasteiger partial charge < -0.3 is 154 Å². The largest absolute Gasteiger partial charge is 0.479 e. The lowest BCUT2D eigenvalue weighted by Crippen LogP contribution is -2.68. The van der Waals surface area contributed by atoms with Crippen LogP contribution in [0.15, 0.2) is 0 Å². The van der Waals surface area contributed by atoms with Gasteiger partial charge in [-0.2, -0.15) is 0 Å². The first-order valence-corrected chi connectivity index (χ1v) is 21.1. The molecule has 0 bridgehead atoms. The number of hydrogen-bond donors (Lipinski definition) is 20. The first-order chi connectivity index (χ1) is 32.1. The topological polar surface area (TPSA) is 523 Å². The van der Waals surface area contributed by atoms with Crippen LogP contribution in [0.25, 0.3) is 0 Å². The van der Waals surface area contributed by atoms with E-state index in [9.17, 15) is 107 Å². The fraction of sp³-hybridized carbons (Fsp3) is 0.972. The lowest BCUT2D eigenvalue weighted by atomic mass is 9.95. The Morgan fingerprint density at radius 1 is 0.309 bits per heavy atom. The summed E-state index contributed by atoms with van der Waals surface area (Å²) in [5.74, 6) is -1.91. The van der Waals surface area contributed by atoms with E-state index in [-0.39, 0.29) is 0 Å². The van der Waals surface area contributed by atoms with Crippen molar-refractivity contribution >= 4 is 5.97 Å². The van der Waals surface area contributed by atoms with Gasteiger partial charge >= 0.3 is 5.97 Å². The molecule has 68 heavy (non-hydrogen) atoms. The minimum Gasteiger partial charge on any atom is -0.479 e. The number of carboxylic acids is 1. The van der Waals surface area contributed by atoms with Gasteiger partial charge in [-0.3, -0.25) is 0 Å². The highest BCUT2D eigenvalue weighted by Gasteiger charge is 2.58. The standard InChI is InChI=1S/C36H60O32/c37-1-6-11(42)12(43)19(50)32(59-6)64-25-9(4-40)62-35(22(53)16(25)47)67-28-17(48)23(54)36(68-29(28)30(55)56)66-27-10(5-41)61-34(21(52)15(27)46)65-26-8(3-39)60-33(20(51)14(26)45)63-24-7(2-38)58-31(57)18(49)13(24)44/h6-29,31-54,57H,1-5H2,(H,55,56)/t6?,7?,8?,9?,10?,11-,12?,13-,14?,15?,16-,17?,18?,19?,20?,21+,22?,23+,24+,25+,26-,27-,28+,29?,31+,32-,33-,34+,35-,36-/m1/s1. The molecular formula is C36H60O32. The van der Waals surface area contributed by atoms with Gasteiger partial charge in [-0.1, -0.05) is 0 Å². The molecule has 0 spiro atoms. The van der Waals surface area contributed by atoms with Crippen LogP contribution in [0.4, 0.5) is 0 Å². The molecule has 6 fully saturated rings. The van der Waals surface area contributed by atoms with Crippen molar-refractivity contribution in [1.29, 1.82) is 0 Å². The smallest absolute Gasteiger partial charge is 0.335 e. The molecule has 32 nitrogen and oxygen atoms in total. The number of hydrogen-bond acceptors (Lipinski definition) is 31. The quantitative estimate of drug-likeness (QED) is 0.0683. The summed E-state index contributed by atoms with van der Waals surface area (Å²) in [7, 11) is 0. The van der Waals surface area contributed by atoms with Crippen LogP contribution in [0.5, 0.6) is 0 Å². The molecule has 30 atom stereocenters. The van der Waals surface area contributed by atoms with Gasteiger partial charge in [-0.15, -0.1) is 0 Å². The Balaban J connectivity index is 1.09. The maximum atomic E-state index is 12.5. The Labute approximate surface area is 382 Å². The van der Waals surface area contributed by atoms with Crippen molar-refractivity contribution in [3.8, 4) is 0 Å². The summed E-state index contributed by atoms with van der Waals surface area (Å²) in [6, 6.07) is 0. The predicted octanol–water partition coefficient (Wildman–Crippen LogP) is -14.0. The molecule has 0 aliphatic carbocycles. The molecule has 0 aromatic carbocycles. The maximum Gasteiger partial charge on any atom is 0.335 e. The van der Waals surface area contributed by atoms with Crippen molar-refractivity contribution < 1.29 is 159 Å². The van der Waals surface area contributed by atoms with Gasteiger partial charge in [0.25, 0.3) is 0 Å². The second-order valence-electron chi connectivity index (χ2n) is 16.8. The van der Waals surface area contributed by atoms with Crippen molar-refractivity contribution in [2.45, 2.75) is 184 Å². The van der Waals surface area contributed by atoms with Gasteiger partial charge in [-0.05, 0) is 0 Å². The van der Waals surface area contributed by atoms with Gasteiger partial charge in [0.1, 0.15) is 140 Å². The molecule has 6 saturated heterocycles. The highest BCUT2D eigenvalue weighted by Crippen LogP contribution is 2.36. The van der Waals surface area contributed by atoms with E-state index in [1.807, 2.05) is 0 Å². The molecule has 6 aliphatic heterocycles. The van der Waals surface area contributed by atoms with E-state index in [2.05, 4.69) is 0 Å². The van der Waals surface area contributed by atoms with Crippen molar-refractivity contribution in [2.75, 3.05) is 33.0 Å². The van der Waals surface area contributed by atoms with Crippen LogP contribution in [0.1, 0.15) is 0 Å². The molecule has 0 aromatic heterocycles. The van der Waals surface area contributed by atoms with Gasteiger partial charge in [0.2, 0.25) is 0 Å².